The normalized spacial score (nSPS) is 11.2. The van der Waals surface area contributed by atoms with E-state index >= 15 is 0 Å². The molecule has 25 heavy (non-hydrogen) atoms. The Balaban J connectivity index is 2.23. The van der Waals surface area contributed by atoms with E-state index in [1.54, 1.807) is 25.1 Å². The smallest absolute Gasteiger partial charge is 0.316 e. The minimum Gasteiger partial charge on any atom is -0.493 e. The van der Waals surface area contributed by atoms with Crippen LogP contribution in [0.25, 0.3) is 11.4 Å². The molecule has 2 rings (SSSR count). The Morgan fingerprint density at radius 3 is 2.48 bits per heavy atom. The van der Waals surface area contributed by atoms with Crippen molar-refractivity contribution in [2.45, 2.75) is 18.9 Å². The lowest BCUT2D eigenvalue weighted by atomic mass is 9.98. The van der Waals surface area contributed by atoms with Gasteiger partial charge in [0.2, 0.25) is 5.82 Å². The Morgan fingerprint density at radius 2 is 1.92 bits per heavy atom. The van der Waals surface area contributed by atoms with Crippen molar-refractivity contribution < 1.29 is 29.0 Å². The zero-order valence-corrected chi connectivity index (χ0v) is 14.3. The summed E-state index contributed by atoms with van der Waals surface area (Å²) in [7, 11) is 3.03. The van der Waals surface area contributed by atoms with Gasteiger partial charge in [-0.1, -0.05) is 12.1 Å². The van der Waals surface area contributed by atoms with E-state index in [0.29, 0.717) is 23.5 Å². The number of aromatic nitrogens is 2. The highest BCUT2D eigenvalue weighted by molar-refractivity contribution is 5.90. The molecule has 0 aliphatic carbocycles. The van der Waals surface area contributed by atoms with E-state index in [0.717, 1.165) is 0 Å². The Hall–Kier alpha value is -2.65. The molecule has 1 aromatic heterocycles. The number of ether oxygens (including phenoxy) is 2. The van der Waals surface area contributed by atoms with Gasteiger partial charge in [0.1, 0.15) is 0 Å². The molecule has 0 saturated heterocycles. The summed E-state index contributed by atoms with van der Waals surface area (Å²) in [5.74, 6) is 0.280. The van der Waals surface area contributed by atoms with Gasteiger partial charge in [-0.2, -0.15) is 4.98 Å². The van der Waals surface area contributed by atoms with E-state index < -0.39 is 24.7 Å². The summed E-state index contributed by atoms with van der Waals surface area (Å²) in [4.78, 5) is 16.3. The van der Waals surface area contributed by atoms with Crippen molar-refractivity contribution in [3.05, 3.63) is 24.1 Å². The average Bonchev–Trinajstić information content (AvgIpc) is 3.16. The van der Waals surface area contributed by atoms with Gasteiger partial charge in [0.15, 0.2) is 11.5 Å². The molecule has 1 aromatic carbocycles. The summed E-state index contributed by atoms with van der Waals surface area (Å²) in [5.41, 5.74) is -0.568. The molecule has 0 aliphatic rings. The van der Waals surface area contributed by atoms with E-state index in [4.69, 9.17) is 14.0 Å². The number of hydrogen-bond donors (Lipinski definition) is 3. The predicted octanol–water partition coefficient (Wildman–Crippen LogP) is 0.617. The van der Waals surface area contributed by atoms with Crippen LogP contribution in [0.1, 0.15) is 24.0 Å². The summed E-state index contributed by atoms with van der Waals surface area (Å²) in [6, 6.07) is 5.04. The molecule has 1 heterocycles. The lowest BCUT2D eigenvalue weighted by Crippen LogP contribution is -2.53. The number of carbonyl (C=O) groups excluding carboxylic acids is 1. The predicted molar refractivity (Wildman–Crippen MR) is 87.5 cm³/mol. The topological polar surface area (TPSA) is 127 Å². The number of carbonyl (C=O) groups is 1. The SMILES string of the molecule is CCC(CO)(CO)NC(=O)c1nc(-c2ccc(OC)c(OC)c2)no1. The van der Waals surface area contributed by atoms with Gasteiger partial charge in [0.25, 0.3) is 0 Å². The zero-order valence-electron chi connectivity index (χ0n) is 14.3. The summed E-state index contributed by atoms with van der Waals surface area (Å²) in [6.45, 7) is 0.903. The third kappa shape index (κ3) is 3.89. The van der Waals surface area contributed by atoms with Gasteiger partial charge < -0.3 is 29.5 Å². The second kappa shape index (κ2) is 7.95. The van der Waals surface area contributed by atoms with E-state index in [1.807, 2.05) is 0 Å². The molecule has 0 saturated carbocycles. The second-order valence-corrected chi connectivity index (χ2v) is 5.40. The van der Waals surface area contributed by atoms with Crippen LogP contribution in [0, 0.1) is 0 Å². The molecule has 9 heteroatoms. The number of hydrogen-bond acceptors (Lipinski definition) is 8. The highest BCUT2D eigenvalue weighted by Gasteiger charge is 2.31. The van der Waals surface area contributed by atoms with Gasteiger partial charge in [0.05, 0.1) is 33.0 Å². The van der Waals surface area contributed by atoms with Crippen molar-refractivity contribution in [1.29, 1.82) is 0 Å². The van der Waals surface area contributed by atoms with Crippen LogP contribution in [0.2, 0.25) is 0 Å². The standard InChI is InChI=1S/C16H21N3O6/c1-4-16(8-20,9-21)18-14(22)15-17-13(19-25-15)10-5-6-11(23-2)12(7-10)24-3/h5-7,20-21H,4,8-9H2,1-3H3,(H,18,22). The lowest BCUT2D eigenvalue weighted by Gasteiger charge is -2.28. The first-order valence-electron chi connectivity index (χ1n) is 7.62. The Bertz CT molecular complexity index is 718. The number of nitrogens with one attached hydrogen (secondary N) is 1. The molecule has 0 bridgehead atoms. The molecule has 136 valence electrons. The van der Waals surface area contributed by atoms with E-state index in [9.17, 15) is 15.0 Å². The maximum absolute atomic E-state index is 12.2. The van der Waals surface area contributed by atoms with Gasteiger partial charge in [-0.15, -0.1) is 0 Å². The largest absolute Gasteiger partial charge is 0.493 e. The summed E-state index contributed by atoms with van der Waals surface area (Å²) >= 11 is 0. The maximum atomic E-state index is 12.2. The molecular weight excluding hydrogens is 330 g/mol. The molecule has 3 N–H and O–H groups in total. The quantitative estimate of drug-likeness (QED) is 0.631. The van der Waals surface area contributed by atoms with Gasteiger partial charge in [0, 0.05) is 5.56 Å². The monoisotopic (exact) mass is 351 g/mol. The van der Waals surface area contributed by atoms with Crippen LogP contribution in [-0.4, -0.2) is 59.2 Å². The summed E-state index contributed by atoms with van der Waals surface area (Å²) in [6.07, 6.45) is 0.336. The average molecular weight is 351 g/mol. The minimum absolute atomic E-state index is 0.196. The Morgan fingerprint density at radius 1 is 1.24 bits per heavy atom. The Kier molecular flexibility index (Phi) is 5.94. The van der Waals surface area contributed by atoms with E-state index in [-0.39, 0.29) is 11.7 Å². The maximum Gasteiger partial charge on any atom is 0.316 e. The number of amides is 1. The molecule has 0 aliphatic heterocycles. The summed E-state index contributed by atoms with van der Waals surface area (Å²) in [5, 5.41) is 25.1. The number of nitrogens with zero attached hydrogens (tertiary/aromatic N) is 2. The van der Waals surface area contributed by atoms with Crippen molar-refractivity contribution in [3.63, 3.8) is 0 Å². The van der Waals surface area contributed by atoms with E-state index in [2.05, 4.69) is 15.5 Å². The minimum atomic E-state index is -1.14. The molecule has 0 unspecified atom stereocenters. The van der Waals surface area contributed by atoms with Crippen molar-refractivity contribution >= 4 is 5.91 Å². The van der Waals surface area contributed by atoms with Crippen molar-refractivity contribution in [2.75, 3.05) is 27.4 Å². The molecular formula is C16H21N3O6. The first-order valence-corrected chi connectivity index (χ1v) is 7.62. The van der Waals surface area contributed by atoms with Crippen LogP contribution in [0.15, 0.2) is 22.7 Å². The van der Waals surface area contributed by atoms with Gasteiger partial charge >= 0.3 is 11.8 Å². The molecule has 0 fully saturated rings. The van der Waals surface area contributed by atoms with Crippen LogP contribution >= 0.6 is 0 Å². The van der Waals surface area contributed by atoms with Crippen LogP contribution < -0.4 is 14.8 Å². The first kappa shape index (κ1) is 18.7. The van der Waals surface area contributed by atoms with Crippen LogP contribution in [-0.2, 0) is 0 Å². The summed E-state index contributed by atoms with van der Waals surface area (Å²) < 4.78 is 15.4. The number of rotatable bonds is 8. The number of aliphatic hydroxyl groups is 2. The fraction of sp³-hybridized carbons (Fsp3) is 0.438. The second-order valence-electron chi connectivity index (χ2n) is 5.40. The Labute approximate surface area is 144 Å². The van der Waals surface area contributed by atoms with Crippen molar-refractivity contribution in [1.82, 2.24) is 15.5 Å². The zero-order chi connectivity index (χ0) is 18.4. The fourth-order valence-corrected chi connectivity index (χ4v) is 2.14. The van der Waals surface area contributed by atoms with Crippen LogP contribution in [0.4, 0.5) is 0 Å². The molecule has 2 aromatic rings. The van der Waals surface area contributed by atoms with Crippen LogP contribution in [0.5, 0.6) is 11.5 Å². The third-order valence-corrected chi connectivity index (χ3v) is 3.92. The molecule has 1 amide bonds. The lowest BCUT2D eigenvalue weighted by molar-refractivity contribution is 0.0620. The number of aliphatic hydroxyl groups excluding tert-OH is 2. The number of methoxy groups -OCH3 is 2. The molecule has 0 radical (unpaired) electrons. The fourth-order valence-electron chi connectivity index (χ4n) is 2.14. The number of benzene rings is 1. The highest BCUT2D eigenvalue weighted by atomic mass is 16.5. The molecule has 0 atom stereocenters. The highest BCUT2D eigenvalue weighted by Crippen LogP contribution is 2.31. The van der Waals surface area contributed by atoms with Crippen LogP contribution in [0.3, 0.4) is 0 Å². The van der Waals surface area contributed by atoms with Crippen molar-refractivity contribution in [2.24, 2.45) is 0 Å². The third-order valence-electron chi connectivity index (χ3n) is 3.92. The first-order chi connectivity index (χ1) is 12.0. The van der Waals surface area contributed by atoms with Gasteiger partial charge in [-0.3, -0.25) is 4.79 Å². The van der Waals surface area contributed by atoms with E-state index in [1.165, 1.54) is 14.2 Å². The molecule has 9 nitrogen and oxygen atoms in total. The van der Waals surface area contributed by atoms with Gasteiger partial charge in [-0.25, -0.2) is 0 Å². The van der Waals surface area contributed by atoms with Gasteiger partial charge in [-0.05, 0) is 24.6 Å². The van der Waals surface area contributed by atoms with Crippen molar-refractivity contribution in [3.8, 4) is 22.9 Å². The molecule has 0 spiro atoms.